The van der Waals surface area contributed by atoms with Crippen LogP contribution in [0.2, 0.25) is 0 Å². The molecule has 0 aliphatic carbocycles. The third-order valence-electron chi connectivity index (χ3n) is 5.51. The van der Waals surface area contributed by atoms with Crippen LogP contribution in [0, 0.1) is 6.92 Å². The third kappa shape index (κ3) is 5.47. The molecular weight excluding hydrogens is 400 g/mol. The fraction of sp³-hybridized carbons (Fsp3) is 0.333. The molecule has 0 saturated heterocycles. The number of aromatic nitrogens is 2. The zero-order valence-corrected chi connectivity index (χ0v) is 19.8. The first-order valence-corrected chi connectivity index (χ1v) is 10.9. The van der Waals surface area contributed by atoms with E-state index in [2.05, 4.69) is 38.0 Å². The SMILES string of the molecule is CCn1ncc(C(=O)/C=C/c2ccc(OC)c(COc3ccc(C(C)(C)C)cc3)c2)c1C. The molecule has 0 amide bonds. The lowest BCUT2D eigenvalue weighted by Gasteiger charge is -2.19. The van der Waals surface area contributed by atoms with Crippen LogP contribution in [0.3, 0.4) is 0 Å². The average Bonchev–Trinajstić information content (AvgIpc) is 3.16. The number of carbonyl (C=O) groups is 1. The van der Waals surface area contributed by atoms with E-state index in [1.165, 1.54) is 5.56 Å². The number of nitrogens with zero attached hydrogens (tertiary/aromatic N) is 2. The van der Waals surface area contributed by atoms with Gasteiger partial charge < -0.3 is 9.47 Å². The van der Waals surface area contributed by atoms with Crippen LogP contribution in [0.1, 0.15) is 60.4 Å². The standard InChI is InChI=1S/C27H32N2O3/c1-7-29-19(2)24(17-28-29)25(30)14-8-20-9-15-26(31-6)21(16-20)18-32-23-12-10-22(11-13-23)27(3,4)5/h8-17H,7,18H2,1-6H3/b14-8+. The van der Waals surface area contributed by atoms with E-state index in [0.717, 1.165) is 34.9 Å². The molecule has 0 aliphatic heterocycles. The Morgan fingerprint density at radius 1 is 1.12 bits per heavy atom. The summed E-state index contributed by atoms with van der Waals surface area (Å²) >= 11 is 0. The quantitative estimate of drug-likeness (QED) is 0.324. The summed E-state index contributed by atoms with van der Waals surface area (Å²) in [6.07, 6.45) is 5.03. The maximum Gasteiger partial charge on any atom is 0.189 e. The van der Waals surface area contributed by atoms with Gasteiger partial charge in [0, 0.05) is 17.8 Å². The summed E-state index contributed by atoms with van der Waals surface area (Å²) in [6, 6.07) is 14.0. The highest BCUT2D eigenvalue weighted by Gasteiger charge is 2.14. The van der Waals surface area contributed by atoms with Gasteiger partial charge in [0.15, 0.2) is 5.78 Å². The molecule has 0 N–H and O–H groups in total. The number of benzene rings is 2. The number of aryl methyl sites for hydroxylation is 1. The zero-order valence-electron chi connectivity index (χ0n) is 19.8. The molecule has 0 unspecified atom stereocenters. The molecule has 3 aromatic rings. The Bertz CT molecular complexity index is 1100. The number of rotatable bonds is 8. The third-order valence-corrected chi connectivity index (χ3v) is 5.51. The lowest BCUT2D eigenvalue weighted by Crippen LogP contribution is -2.10. The highest BCUT2D eigenvalue weighted by Crippen LogP contribution is 2.26. The number of hydrogen-bond donors (Lipinski definition) is 0. The van der Waals surface area contributed by atoms with Crippen molar-refractivity contribution >= 4 is 11.9 Å². The first-order valence-electron chi connectivity index (χ1n) is 10.9. The first-order chi connectivity index (χ1) is 15.2. The van der Waals surface area contributed by atoms with Gasteiger partial charge in [-0.1, -0.05) is 45.0 Å². The number of ether oxygens (including phenoxy) is 2. The van der Waals surface area contributed by atoms with Crippen molar-refractivity contribution in [2.75, 3.05) is 7.11 Å². The summed E-state index contributed by atoms with van der Waals surface area (Å²) in [5.41, 5.74) is 4.69. The Kier molecular flexibility index (Phi) is 7.18. The molecule has 0 atom stereocenters. The Balaban J connectivity index is 1.73. The Morgan fingerprint density at radius 2 is 1.84 bits per heavy atom. The number of methoxy groups -OCH3 is 1. The molecule has 5 nitrogen and oxygen atoms in total. The second-order valence-corrected chi connectivity index (χ2v) is 8.79. The summed E-state index contributed by atoms with van der Waals surface area (Å²) in [7, 11) is 1.64. The van der Waals surface area contributed by atoms with Crippen molar-refractivity contribution in [1.29, 1.82) is 0 Å². The Labute approximate surface area is 190 Å². The van der Waals surface area contributed by atoms with Gasteiger partial charge in [0.05, 0.1) is 18.9 Å². The maximum absolute atomic E-state index is 12.6. The van der Waals surface area contributed by atoms with Gasteiger partial charge in [-0.15, -0.1) is 0 Å². The molecule has 5 heteroatoms. The number of carbonyl (C=O) groups excluding carboxylic acids is 1. The van der Waals surface area contributed by atoms with Crippen molar-refractivity contribution in [1.82, 2.24) is 9.78 Å². The molecule has 0 bridgehead atoms. The summed E-state index contributed by atoms with van der Waals surface area (Å²) in [5, 5.41) is 4.25. The van der Waals surface area contributed by atoms with Gasteiger partial charge in [-0.2, -0.15) is 5.10 Å². The van der Waals surface area contributed by atoms with E-state index in [1.807, 2.05) is 54.9 Å². The van der Waals surface area contributed by atoms with E-state index in [-0.39, 0.29) is 11.2 Å². The van der Waals surface area contributed by atoms with Crippen LogP contribution in [-0.2, 0) is 18.6 Å². The predicted molar refractivity (Wildman–Crippen MR) is 128 cm³/mol. The van der Waals surface area contributed by atoms with Crippen molar-refractivity contribution in [3.05, 3.63) is 82.7 Å². The average molecular weight is 433 g/mol. The molecule has 0 saturated carbocycles. The topological polar surface area (TPSA) is 53.4 Å². The van der Waals surface area contributed by atoms with Crippen molar-refractivity contribution in [2.24, 2.45) is 0 Å². The zero-order chi connectivity index (χ0) is 23.3. The van der Waals surface area contributed by atoms with Gasteiger partial charge >= 0.3 is 0 Å². The highest BCUT2D eigenvalue weighted by molar-refractivity contribution is 6.07. The summed E-state index contributed by atoms with van der Waals surface area (Å²) in [5.74, 6) is 1.49. The predicted octanol–water partition coefficient (Wildman–Crippen LogP) is 5.99. The Hall–Kier alpha value is -3.34. The molecule has 168 valence electrons. The van der Waals surface area contributed by atoms with Crippen LogP contribution in [0.5, 0.6) is 11.5 Å². The van der Waals surface area contributed by atoms with Gasteiger partial charge in [-0.25, -0.2) is 0 Å². The van der Waals surface area contributed by atoms with Crippen molar-refractivity contribution in [2.45, 2.75) is 53.2 Å². The molecule has 32 heavy (non-hydrogen) atoms. The highest BCUT2D eigenvalue weighted by atomic mass is 16.5. The van der Waals surface area contributed by atoms with Crippen LogP contribution in [0.15, 0.2) is 54.7 Å². The van der Waals surface area contributed by atoms with E-state index in [0.29, 0.717) is 12.2 Å². The van der Waals surface area contributed by atoms with Crippen LogP contribution in [0.25, 0.3) is 6.08 Å². The Morgan fingerprint density at radius 3 is 2.44 bits per heavy atom. The molecule has 2 aromatic carbocycles. The van der Waals surface area contributed by atoms with Gasteiger partial charge in [0.1, 0.15) is 18.1 Å². The number of allylic oxidation sites excluding steroid dienone is 1. The lowest BCUT2D eigenvalue weighted by molar-refractivity contribution is 0.104. The molecule has 0 aliphatic rings. The van der Waals surface area contributed by atoms with Crippen LogP contribution in [-0.4, -0.2) is 22.7 Å². The molecular formula is C27H32N2O3. The normalized spacial score (nSPS) is 11.7. The second-order valence-electron chi connectivity index (χ2n) is 8.79. The maximum atomic E-state index is 12.6. The van der Waals surface area contributed by atoms with E-state index in [4.69, 9.17) is 9.47 Å². The van der Waals surface area contributed by atoms with E-state index in [1.54, 1.807) is 19.4 Å². The fourth-order valence-corrected chi connectivity index (χ4v) is 3.50. The van der Waals surface area contributed by atoms with Gasteiger partial charge in [0.2, 0.25) is 0 Å². The lowest BCUT2D eigenvalue weighted by atomic mass is 9.87. The summed E-state index contributed by atoms with van der Waals surface area (Å²) < 4.78 is 13.3. The molecule has 1 heterocycles. The van der Waals surface area contributed by atoms with Crippen molar-refractivity contribution < 1.29 is 14.3 Å². The monoisotopic (exact) mass is 432 g/mol. The van der Waals surface area contributed by atoms with Crippen LogP contribution >= 0.6 is 0 Å². The second kappa shape index (κ2) is 9.86. The van der Waals surface area contributed by atoms with Crippen LogP contribution < -0.4 is 9.47 Å². The van der Waals surface area contributed by atoms with E-state index < -0.39 is 0 Å². The van der Waals surface area contributed by atoms with E-state index >= 15 is 0 Å². The molecule has 1 aromatic heterocycles. The largest absolute Gasteiger partial charge is 0.496 e. The minimum Gasteiger partial charge on any atom is -0.496 e. The smallest absolute Gasteiger partial charge is 0.189 e. The van der Waals surface area contributed by atoms with Crippen molar-refractivity contribution in [3.8, 4) is 11.5 Å². The number of hydrogen-bond acceptors (Lipinski definition) is 4. The molecule has 0 radical (unpaired) electrons. The minimum absolute atomic E-state index is 0.0604. The van der Waals surface area contributed by atoms with Gasteiger partial charge in [-0.3, -0.25) is 9.48 Å². The fourth-order valence-electron chi connectivity index (χ4n) is 3.50. The van der Waals surface area contributed by atoms with Gasteiger partial charge in [-0.05, 0) is 60.7 Å². The summed E-state index contributed by atoms with van der Waals surface area (Å²) in [6.45, 7) is 11.6. The minimum atomic E-state index is -0.0604. The molecule has 0 spiro atoms. The van der Waals surface area contributed by atoms with Crippen molar-refractivity contribution in [3.63, 3.8) is 0 Å². The molecule has 3 rings (SSSR count). The first kappa shape index (κ1) is 23.3. The number of ketones is 1. The van der Waals surface area contributed by atoms with Gasteiger partial charge in [0.25, 0.3) is 0 Å². The molecule has 0 fully saturated rings. The van der Waals surface area contributed by atoms with E-state index in [9.17, 15) is 4.79 Å². The van der Waals surface area contributed by atoms with Crippen LogP contribution in [0.4, 0.5) is 0 Å². The summed E-state index contributed by atoms with van der Waals surface area (Å²) in [4.78, 5) is 12.6.